The first-order valence-corrected chi connectivity index (χ1v) is 9.35. The number of hydrogen-bond donors (Lipinski definition) is 0. The lowest BCUT2D eigenvalue weighted by Crippen LogP contribution is -2.41. The van der Waals surface area contributed by atoms with Crippen LogP contribution in [0.4, 0.5) is 0 Å². The van der Waals surface area contributed by atoms with Crippen LogP contribution in [0, 0.1) is 11.8 Å². The number of rotatable bonds is 3. The van der Waals surface area contributed by atoms with Crippen LogP contribution in [0.2, 0.25) is 0 Å². The molecule has 0 aromatic heterocycles. The first kappa shape index (κ1) is 15.8. The smallest absolute Gasteiger partial charge is 0.225 e. The number of carbonyl (C=O) groups excluding carboxylic acids is 1. The lowest BCUT2D eigenvalue weighted by Gasteiger charge is -2.33. The Hall–Kier alpha value is -1.71. The third-order valence-corrected chi connectivity index (χ3v) is 5.67. The Morgan fingerprint density at radius 1 is 1.21 bits per heavy atom. The summed E-state index contributed by atoms with van der Waals surface area (Å²) in [5.74, 6) is 3.27. The Labute approximate surface area is 144 Å². The highest BCUT2D eigenvalue weighted by atomic mass is 16.5. The van der Waals surface area contributed by atoms with Crippen LogP contribution in [-0.2, 0) is 24.1 Å². The zero-order valence-electron chi connectivity index (χ0n) is 14.8. The predicted molar refractivity (Wildman–Crippen MR) is 92.7 cm³/mol. The molecule has 1 aromatic rings. The van der Waals surface area contributed by atoms with E-state index in [0.29, 0.717) is 11.8 Å². The van der Waals surface area contributed by atoms with Crippen LogP contribution in [0.15, 0.2) is 6.07 Å². The average molecular weight is 329 g/mol. The Bertz CT molecular complexity index is 613. The number of nitrogens with zero attached hydrogens (tertiary/aromatic N) is 1. The second kappa shape index (κ2) is 6.30. The molecule has 0 aliphatic carbocycles. The van der Waals surface area contributed by atoms with E-state index in [1.165, 1.54) is 16.7 Å². The van der Waals surface area contributed by atoms with Crippen molar-refractivity contribution in [1.29, 1.82) is 0 Å². The molecule has 3 aliphatic heterocycles. The van der Waals surface area contributed by atoms with Crippen molar-refractivity contribution in [2.75, 3.05) is 26.3 Å². The van der Waals surface area contributed by atoms with Gasteiger partial charge < -0.3 is 14.4 Å². The van der Waals surface area contributed by atoms with E-state index >= 15 is 0 Å². The molecule has 0 saturated carbocycles. The fourth-order valence-corrected chi connectivity index (χ4v) is 4.31. The Morgan fingerprint density at radius 3 is 2.71 bits per heavy atom. The van der Waals surface area contributed by atoms with Gasteiger partial charge >= 0.3 is 0 Å². The number of piperidine rings is 1. The summed E-state index contributed by atoms with van der Waals surface area (Å²) in [4.78, 5) is 14.2. The minimum absolute atomic E-state index is 0.104. The number of carbonyl (C=O) groups is 1. The maximum Gasteiger partial charge on any atom is 0.225 e. The van der Waals surface area contributed by atoms with Gasteiger partial charge in [0.15, 0.2) is 0 Å². The quantitative estimate of drug-likeness (QED) is 0.856. The van der Waals surface area contributed by atoms with Crippen molar-refractivity contribution in [2.45, 2.75) is 46.0 Å². The van der Waals surface area contributed by atoms with Gasteiger partial charge in [-0.25, -0.2) is 0 Å². The van der Waals surface area contributed by atoms with Crippen molar-refractivity contribution in [1.82, 2.24) is 4.90 Å². The van der Waals surface area contributed by atoms with Crippen molar-refractivity contribution < 1.29 is 14.3 Å². The summed E-state index contributed by atoms with van der Waals surface area (Å²) >= 11 is 0. The first-order valence-electron chi connectivity index (χ1n) is 9.35. The van der Waals surface area contributed by atoms with Gasteiger partial charge in [-0.15, -0.1) is 0 Å². The molecule has 0 N–H and O–H groups in total. The fraction of sp³-hybridized carbons (Fsp3) is 0.650. The van der Waals surface area contributed by atoms with E-state index < -0.39 is 0 Å². The maximum absolute atomic E-state index is 12.2. The van der Waals surface area contributed by atoms with E-state index in [1.807, 2.05) is 18.7 Å². The topological polar surface area (TPSA) is 38.8 Å². The van der Waals surface area contributed by atoms with Crippen LogP contribution >= 0.6 is 0 Å². The molecule has 4 heteroatoms. The monoisotopic (exact) mass is 329 g/mol. The van der Waals surface area contributed by atoms with Gasteiger partial charge in [0.2, 0.25) is 5.91 Å². The summed E-state index contributed by atoms with van der Waals surface area (Å²) in [7, 11) is 0. The molecule has 4 nitrogen and oxygen atoms in total. The van der Waals surface area contributed by atoms with Gasteiger partial charge in [0, 0.05) is 48.5 Å². The van der Waals surface area contributed by atoms with E-state index in [2.05, 4.69) is 6.07 Å². The molecule has 130 valence electrons. The fourth-order valence-electron chi connectivity index (χ4n) is 4.31. The van der Waals surface area contributed by atoms with Crippen molar-refractivity contribution in [3.63, 3.8) is 0 Å². The maximum atomic E-state index is 12.2. The molecular weight excluding hydrogens is 302 g/mol. The summed E-state index contributed by atoms with van der Waals surface area (Å²) < 4.78 is 11.8. The number of fused-ring (bicyclic) bond motifs is 2. The van der Waals surface area contributed by atoms with Crippen LogP contribution in [0.5, 0.6) is 11.5 Å². The van der Waals surface area contributed by atoms with Crippen molar-refractivity contribution in [3.8, 4) is 11.5 Å². The molecule has 1 fully saturated rings. The van der Waals surface area contributed by atoms with E-state index in [1.54, 1.807) is 0 Å². The van der Waals surface area contributed by atoms with Crippen LogP contribution in [-0.4, -0.2) is 37.1 Å². The zero-order chi connectivity index (χ0) is 16.7. The Kier molecular flexibility index (Phi) is 4.15. The molecule has 0 bridgehead atoms. The molecule has 3 aliphatic rings. The van der Waals surface area contributed by atoms with Gasteiger partial charge in [0.05, 0.1) is 13.2 Å². The van der Waals surface area contributed by atoms with Gasteiger partial charge in [0.1, 0.15) is 11.5 Å². The van der Waals surface area contributed by atoms with Crippen LogP contribution in [0.1, 0.15) is 43.4 Å². The highest BCUT2D eigenvalue weighted by Gasteiger charge is 2.30. The van der Waals surface area contributed by atoms with Crippen LogP contribution in [0.3, 0.4) is 0 Å². The number of amides is 1. The van der Waals surface area contributed by atoms with Gasteiger partial charge in [0.25, 0.3) is 0 Å². The van der Waals surface area contributed by atoms with Gasteiger partial charge in [-0.1, -0.05) is 13.8 Å². The van der Waals surface area contributed by atoms with Gasteiger partial charge in [-0.3, -0.25) is 4.79 Å². The standard InChI is InChI=1S/C20H27NO3/c1-13(2)20(22)21-7-3-14(4-8-21)11-17-16-6-10-23-18(16)12-15-5-9-24-19(15)17/h12-14H,3-11H2,1-2H3. The molecule has 3 heterocycles. The number of hydrogen-bond acceptors (Lipinski definition) is 3. The predicted octanol–water partition coefficient (Wildman–Crippen LogP) is 2.99. The number of ether oxygens (including phenoxy) is 2. The van der Waals surface area contributed by atoms with Crippen molar-refractivity contribution >= 4 is 5.91 Å². The van der Waals surface area contributed by atoms with Gasteiger partial charge in [-0.2, -0.15) is 0 Å². The van der Waals surface area contributed by atoms with E-state index in [-0.39, 0.29) is 5.92 Å². The molecule has 0 atom stereocenters. The van der Waals surface area contributed by atoms with E-state index in [9.17, 15) is 4.79 Å². The summed E-state index contributed by atoms with van der Waals surface area (Å²) in [6, 6.07) is 2.19. The number of likely N-dealkylation sites (tertiary alicyclic amines) is 1. The second-order valence-corrected chi connectivity index (χ2v) is 7.64. The lowest BCUT2D eigenvalue weighted by atomic mass is 9.86. The molecule has 1 amide bonds. The highest BCUT2D eigenvalue weighted by molar-refractivity contribution is 5.78. The lowest BCUT2D eigenvalue weighted by molar-refractivity contribution is -0.135. The number of benzene rings is 1. The first-order chi connectivity index (χ1) is 11.6. The third-order valence-electron chi connectivity index (χ3n) is 5.67. The average Bonchev–Trinajstić information content (AvgIpc) is 3.23. The second-order valence-electron chi connectivity index (χ2n) is 7.64. The third kappa shape index (κ3) is 2.76. The minimum Gasteiger partial charge on any atom is -0.493 e. The summed E-state index contributed by atoms with van der Waals surface area (Å²) in [6.07, 6.45) is 5.26. The van der Waals surface area contributed by atoms with Gasteiger partial charge in [-0.05, 0) is 31.2 Å². The van der Waals surface area contributed by atoms with E-state index in [4.69, 9.17) is 9.47 Å². The highest BCUT2D eigenvalue weighted by Crippen LogP contribution is 2.42. The van der Waals surface area contributed by atoms with Crippen LogP contribution < -0.4 is 9.47 Å². The van der Waals surface area contributed by atoms with E-state index in [0.717, 1.165) is 69.9 Å². The summed E-state index contributed by atoms with van der Waals surface area (Å²) in [5, 5.41) is 0. The Morgan fingerprint density at radius 2 is 1.96 bits per heavy atom. The Balaban J connectivity index is 1.49. The molecular formula is C20H27NO3. The molecule has 1 aromatic carbocycles. The molecule has 0 radical (unpaired) electrons. The molecule has 24 heavy (non-hydrogen) atoms. The van der Waals surface area contributed by atoms with Crippen molar-refractivity contribution in [3.05, 3.63) is 22.8 Å². The summed E-state index contributed by atoms with van der Waals surface area (Å²) in [6.45, 7) is 7.37. The minimum atomic E-state index is 0.104. The largest absolute Gasteiger partial charge is 0.493 e. The summed E-state index contributed by atoms with van der Waals surface area (Å²) in [5.41, 5.74) is 4.08. The normalized spacial score (nSPS) is 19.9. The van der Waals surface area contributed by atoms with Crippen molar-refractivity contribution in [2.24, 2.45) is 11.8 Å². The molecule has 0 unspecified atom stereocenters. The molecule has 4 rings (SSSR count). The molecule has 0 spiro atoms. The molecule has 1 saturated heterocycles. The van der Waals surface area contributed by atoms with Crippen LogP contribution in [0.25, 0.3) is 0 Å². The zero-order valence-corrected chi connectivity index (χ0v) is 14.8. The SMILES string of the molecule is CC(C)C(=O)N1CCC(Cc2c3c(cc4c2OCC4)OCC3)CC1.